The zero-order valence-electron chi connectivity index (χ0n) is 14.5. The number of aryl methyl sites for hydroxylation is 1. The van der Waals surface area contributed by atoms with Crippen LogP contribution in [-0.2, 0) is 6.54 Å². The van der Waals surface area contributed by atoms with Crippen LogP contribution in [0.3, 0.4) is 0 Å². The molecule has 0 aromatic carbocycles. The second kappa shape index (κ2) is 8.28. The zero-order chi connectivity index (χ0) is 16.8. The molecule has 1 N–H and O–H groups in total. The van der Waals surface area contributed by atoms with Crippen molar-refractivity contribution >= 4 is 11.2 Å². The van der Waals surface area contributed by atoms with Gasteiger partial charge in [0.1, 0.15) is 5.52 Å². The van der Waals surface area contributed by atoms with Crippen LogP contribution in [0.2, 0.25) is 0 Å². The molecule has 3 heterocycles. The molecule has 0 unspecified atom stereocenters. The second-order valence-electron chi connectivity index (χ2n) is 6.43. The van der Waals surface area contributed by atoms with Gasteiger partial charge in [0.2, 0.25) is 0 Å². The lowest BCUT2D eigenvalue weighted by Crippen LogP contribution is -2.31. The third-order valence-electron chi connectivity index (χ3n) is 4.52. The number of nitrogens with zero attached hydrogens (tertiary/aromatic N) is 4. The largest absolute Gasteiger partial charge is 0.463 e. The van der Waals surface area contributed by atoms with Gasteiger partial charge in [-0.15, -0.1) is 0 Å². The summed E-state index contributed by atoms with van der Waals surface area (Å²) in [6.07, 6.45) is 8.54. The van der Waals surface area contributed by atoms with Crippen LogP contribution in [0.25, 0.3) is 11.2 Å². The lowest BCUT2D eigenvalue weighted by atomic mass is 10.1. The summed E-state index contributed by atoms with van der Waals surface area (Å²) in [5.41, 5.74) is 1.18. The number of piperidine rings is 1. The minimum absolute atomic E-state index is 0.122. The Morgan fingerprint density at radius 3 is 2.83 bits per heavy atom. The van der Waals surface area contributed by atoms with Gasteiger partial charge in [-0.1, -0.05) is 19.8 Å². The van der Waals surface area contributed by atoms with Crippen molar-refractivity contribution in [3.63, 3.8) is 0 Å². The molecule has 0 bridgehead atoms. The van der Waals surface area contributed by atoms with Gasteiger partial charge in [-0.25, -0.2) is 9.78 Å². The first kappa shape index (κ1) is 17.0. The minimum atomic E-state index is -0.122. The van der Waals surface area contributed by atoms with Crippen LogP contribution in [0, 0.1) is 0 Å². The molecule has 24 heavy (non-hydrogen) atoms. The lowest BCUT2D eigenvalue weighted by Gasteiger charge is -2.26. The first-order valence-corrected chi connectivity index (χ1v) is 9.08. The van der Waals surface area contributed by atoms with E-state index in [2.05, 4.69) is 26.8 Å². The Bertz CT molecular complexity index is 703. The van der Waals surface area contributed by atoms with Gasteiger partial charge in [-0.05, 0) is 45.3 Å². The summed E-state index contributed by atoms with van der Waals surface area (Å²) in [6, 6.07) is 0.347. The number of rotatable bonds is 8. The van der Waals surface area contributed by atoms with Crippen LogP contribution in [0.15, 0.2) is 11.0 Å². The smallest absolute Gasteiger partial charge is 0.327 e. The van der Waals surface area contributed by atoms with E-state index in [9.17, 15) is 4.79 Å². The van der Waals surface area contributed by atoms with E-state index in [0.717, 1.165) is 25.8 Å². The average Bonchev–Trinajstić information content (AvgIpc) is 2.91. The minimum Gasteiger partial charge on any atom is -0.463 e. The quantitative estimate of drug-likeness (QED) is 0.749. The molecule has 7 nitrogen and oxygen atoms in total. The van der Waals surface area contributed by atoms with E-state index < -0.39 is 0 Å². The summed E-state index contributed by atoms with van der Waals surface area (Å²) in [7, 11) is 0. The molecule has 1 saturated heterocycles. The van der Waals surface area contributed by atoms with Crippen LogP contribution < -0.4 is 10.4 Å². The Morgan fingerprint density at radius 2 is 2.04 bits per heavy atom. The highest BCUT2D eigenvalue weighted by molar-refractivity contribution is 5.69. The number of hydrogen-bond acceptors (Lipinski definition) is 5. The molecule has 1 aliphatic heterocycles. The maximum Gasteiger partial charge on any atom is 0.327 e. The second-order valence-corrected chi connectivity index (χ2v) is 6.43. The van der Waals surface area contributed by atoms with E-state index in [1.54, 1.807) is 10.8 Å². The SMILES string of the molecule is CCCCOc1ncc2[nH]c(=O)n(CCCN3CCCCC3)c2n1. The summed E-state index contributed by atoms with van der Waals surface area (Å²) in [5.74, 6) is 0. The number of aromatic nitrogens is 4. The van der Waals surface area contributed by atoms with Gasteiger partial charge in [-0.2, -0.15) is 4.98 Å². The van der Waals surface area contributed by atoms with E-state index >= 15 is 0 Å². The Balaban J connectivity index is 1.65. The standard InChI is InChI=1S/C17H27N5O2/c1-2-3-12-24-16-18-13-14-15(20-16)22(17(23)19-14)11-7-10-21-8-5-4-6-9-21/h13H,2-12H2,1H3,(H,19,23). The van der Waals surface area contributed by atoms with E-state index in [1.807, 2.05) is 0 Å². The molecular formula is C17H27N5O2. The predicted molar refractivity (Wildman–Crippen MR) is 93.5 cm³/mol. The topological polar surface area (TPSA) is 76.0 Å². The number of hydrogen-bond donors (Lipinski definition) is 1. The summed E-state index contributed by atoms with van der Waals surface area (Å²) < 4.78 is 7.26. The third-order valence-corrected chi connectivity index (χ3v) is 4.52. The van der Waals surface area contributed by atoms with E-state index in [4.69, 9.17) is 4.74 Å². The van der Waals surface area contributed by atoms with Gasteiger partial charge in [-0.3, -0.25) is 4.57 Å². The van der Waals surface area contributed by atoms with Gasteiger partial charge < -0.3 is 14.6 Å². The maximum atomic E-state index is 12.2. The molecule has 0 atom stereocenters. The number of nitrogens with one attached hydrogen (secondary N) is 1. The van der Waals surface area contributed by atoms with Crippen molar-refractivity contribution in [1.82, 2.24) is 24.4 Å². The number of aromatic amines is 1. The van der Waals surface area contributed by atoms with Crippen molar-refractivity contribution in [2.45, 2.75) is 52.0 Å². The Morgan fingerprint density at radius 1 is 1.21 bits per heavy atom. The van der Waals surface area contributed by atoms with Crippen molar-refractivity contribution in [2.24, 2.45) is 0 Å². The van der Waals surface area contributed by atoms with Gasteiger partial charge >= 0.3 is 11.7 Å². The van der Waals surface area contributed by atoms with Crippen molar-refractivity contribution in [3.8, 4) is 6.01 Å². The molecule has 2 aromatic rings. The van der Waals surface area contributed by atoms with Crippen molar-refractivity contribution in [2.75, 3.05) is 26.2 Å². The van der Waals surface area contributed by atoms with Crippen LogP contribution in [-0.4, -0.2) is 50.7 Å². The normalized spacial score (nSPS) is 15.9. The molecule has 0 amide bonds. The van der Waals surface area contributed by atoms with Crippen molar-refractivity contribution < 1.29 is 4.74 Å². The Kier molecular flexibility index (Phi) is 5.85. The Hall–Kier alpha value is -1.89. The molecule has 3 rings (SSSR count). The van der Waals surface area contributed by atoms with Gasteiger partial charge in [0.25, 0.3) is 0 Å². The van der Waals surface area contributed by atoms with Crippen LogP contribution in [0.5, 0.6) is 6.01 Å². The van der Waals surface area contributed by atoms with E-state index in [0.29, 0.717) is 30.3 Å². The highest BCUT2D eigenvalue weighted by Crippen LogP contribution is 2.12. The molecule has 2 aromatic heterocycles. The number of fused-ring (bicyclic) bond motifs is 1. The average molecular weight is 333 g/mol. The summed E-state index contributed by atoms with van der Waals surface area (Å²) in [6.45, 7) is 6.77. The van der Waals surface area contributed by atoms with Crippen molar-refractivity contribution in [1.29, 1.82) is 0 Å². The van der Waals surface area contributed by atoms with Gasteiger partial charge in [0, 0.05) is 6.54 Å². The zero-order valence-corrected chi connectivity index (χ0v) is 14.5. The molecule has 0 radical (unpaired) electrons. The molecule has 1 aliphatic rings. The van der Waals surface area contributed by atoms with Gasteiger partial charge in [0.05, 0.1) is 12.8 Å². The fraction of sp³-hybridized carbons (Fsp3) is 0.706. The Labute approximate surface area is 142 Å². The van der Waals surface area contributed by atoms with Crippen molar-refractivity contribution in [3.05, 3.63) is 16.7 Å². The van der Waals surface area contributed by atoms with Gasteiger partial charge in [0.15, 0.2) is 5.65 Å². The molecule has 7 heteroatoms. The molecule has 0 spiro atoms. The predicted octanol–water partition coefficient (Wildman–Crippen LogP) is 2.17. The van der Waals surface area contributed by atoms with Crippen LogP contribution in [0.4, 0.5) is 0 Å². The maximum absolute atomic E-state index is 12.2. The van der Waals surface area contributed by atoms with E-state index in [-0.39, 0.29) is 5.69 Å². The third kappa shape index (κ3) is 4.14. The summed E-state index contributed by atoms with van der Waals surface area (Å²) in [4.78, 5) is 26.1. The summed E-state index contributed by atoms with van der Waals surface area (Å²) in [5, 5.41) is 0. The molecule has 1 fully saturated rings. The first-order valence-electron chi connectivity index (χ1n) is 9.08. The summed E-state index contributed by atoms with van der Waals surface area (Å²) >= 11 is 0. The number of likely N-dealkylation sites (tertiary alicyclic amines) is 1. The monoisotopic (exact) mass is 333 g/mol. The number of unbranched alkanes of at least 4 members (excludes halogenated alkanes) is 1. The molecule has 0 aliphatic carbocycles. The fourth-order valence-corrected chi connectivity index (χ4v) is 3.15. The molecule has 132 valence electrons. The highest BCUT2D eigenvalue weighted by atomic mass is 16.5. The number of ether oxygens (including phenoxy) is 1. The van der Waals surface area contributed by atoms with E-state index in [1.165, 1.54) is 32.4 Å². The fourth-order valence-electron chi connectivity index (χ4n) is 3.15. The van der Waals surface area contributed by atoms with Crippen LogP contribution >= 0.6 is 0 Å². The lowest BCUT2D eigenvalue weighted by molar-refractivity contribution is 0.223. The molecule has 0 saturated carbocycles. The first-order chi connectivity index (χ1) is 11.8. The number of imidazole rings is 1. The molecular weight excluding hydrogens is 306 g/mol. The highest BCUT2D eigenvalue weighted by Gasteiger charge is 2.13. The van der Waals surface area contributed by atoms with Crippen LogP contribution in [0.1, 0.15) is 45.4 Å². The number of H-pyrrole nitrogens is 1.